The van der Waals surface area contributed by atoms with E-state index in [1.165, 1.54) is 11.1 Å². The molecule has 1 amide bonds. The van der Waals surface area contributed by atoms with E-state index in [4.69, 9.17) is 5.11 Å². The lowest BCUT2D eigenvalue weighted by Crippen LogP contribution is -2.46. The van der Waals surface area contributed by atoms with Gasteiger partial charge in [0.2, 0.25) is 0 Å². The van der Waals surface area contributed by atoms with E-state index in [0.29, 0.717) is 0 Å². The van der Waals surface area contributed by atoms with Crippen LogP contribution in [-0.4, -0.2) is 44.7 Å². The monoisotopic (exact) mass is 237 g/mol. The highest BCUT2D eigenvalue weighted by molar-refractivity contribution is 5.92. The van der Waals surface area contributed by atoms with Gasteiger partial charge in [0.25, 0.3) is 5.91 Å². The molecule has 92 valence electrons. The fourth-order valence-corrected chi connectivity index (χ4v) is 1.35. The number of aromatic nitrogens is 2. The van der Waals surface area contributed by atoms with E-state index in [2.05, 4.69) is 10.2 Å². The van der Waals surface area contributed by atoms with Gasteiger partial charge in [0.05, 0.1) is 6.42 Å². The summed E-state index contributed by atoms with van der Waals surface area (Å²) in [6.45, 7) is 3.38. The molecule has 1 rings (SSSR count). The second-order valence-electron chi connectivity index (χ2n) is 4.36. The molecule has 6 nitrogen and oxygen atoms in total. The minimum Gasteiger partial charge on any atom is -0.481 e. The Morgan fingerprint density at radius 1 is 1.47 bits per heavy atom. The van der Waals surface area contributed by atoms with Gasteiger partial charge >= 0.3 is 5.97 Å². The van der Waals surface area contributed by atoms with Crippen LogP contribution in [0.1, 0.15) is 30.8 Å². The molecule has 17 heavy (non-hydrogen) atoms. The molecule has 0 aliphatic rings. The van der Waals surface area contributed by atoms with Crippen LogP contribution in [0.5, 0.6) is 0 Å². The molecule has 0 aliphatic heterocycles. The van der Waals surface area contributed by atoms with Gasteiger partial charge in [-0.25, -0.2) is 0 Å². The lowest BCUT2D eigenvalue weighted by Gasteiger charge is -2.34. The standard InChI is InChI=1S/C11H15N3O3/c1-11(2,7-9(15)16)14(3)10(17)8-5-4-6-12-13-8/h4-6H,7H2,1-3H3,(H,15,16). The number of aliphatic carboxylic acids is 1. The topological polar surface area (TPSA) is 83.4 Å². The Hall–Kier alpha value is -1.98. The van der Waals surface area contributed by atoms with Crippen LogP contribution in [0.4, 0.5) is 0 Å². The van der Waals surface area contributed by atoms with Crippen molar-refractivity contribution in [3.8, 4) is 0 Å². The molecule has 0 saturated carbocycles. The molecule has 0 fully saturated rings. The molecule has 1 N–H and O–H groups in total. The Morgan fingerprint density at radius 3 is 2.59 bits per heavy atom. The van der Waals surface area contributed by atoms with Crippen LogP contribution in [0.2, 0.25) is 0 Å². The highest BCUT2D eigenvalue weighted by atomic mass is 16.4. The van der Waals surface area contributed by atoms with Gasteiger partial charge in [-0.05, 0) is 26.0 Å². The van der Waals surface area contributed by atoms with Crippen LogP contribution in [-0.2, 0) is 4.79 Å². The number of hydrogen-bond acceptors (Lipinski definition) is 4. The second kappa shape index (κ2) is 4.90. The molecule has 1 heterocycles. The summed E-state index contributed by atoms with van der Waals surface area (Å²) >= 11 is 0. The van der Waals surface area contributed by atoms with Crippen LogP contribution in [0.25, 0.3) is 0 Å². The van der Waals surface area contributed by atoms with Crippen molar-refractivity contribution in [2.75, 3.05) is 7.05 Å². The smallest absolute Gasteiger partial charge is 0.305 e. The summed E-state index contributed by atoms with van der Waals surface area (Å²) < 4.78 is 0. The minimum absolute atomic E-state index is 0.129. The lowest BCUT2D eigenvalue weighted by molar-refractivity contribution is -0.139. The largest absolute Gasteiger partial charge is 0.481 e. The average molecular weight is 237 g/mol. The summed E-state index contributed by atoms with van der Waals surface area (Å²) in [6, 6.07) is 3.15. The summed E-state index contributed by atoms with van der Waals surface area (Å²) in [6.07, 6.45) is 1.34. The first-order chi connectivity index (χ1) is 7.84. The molecule has 6 heteroatoms. The predicted molar refractivity (Wildman–Crippen MR) is 60.5 cm³/mol. The van der Waals surface area contributed by atoms with Crippen LogP contribution in [0, 0.1) is 0 Å². The SMILES string of the molecule is CN(C(=O)c1cccnn1)C(C)(C)CC(=O)O. The Labute approximate surface area is 99.3 Å². The van der Waals surface area contributed by atoms with Gasteiger partial charge in [-0.2, -0.15) is 5.10 Å². The van der Waals surface area contributed by atoms with Crippen molar-refractivity contribution in [3.63, 3.8) is 0 Å². The van der Waals surface area contributed by atoms with Crippen molar-refractivity contribution < 1.29 is 14.7 Å². The van der Waals surface area contributed by atoms with E-state index in [1.54, 1.807) is 33.0 Å². The van der Waals surface area contributed by atoms with Gasteiger partial charge in [-0.3, -0.25) is 9.59 Å². The fraction of sp³-hybridized carbons (Fsp3) is 0.455. The molecule has 0 atom stereocenters. The maximum atomic E-state index is 12.0. The average Bonchev–Trinajstić information content (AvgIpc) is 2.26. The molecule has 1 aromatic heterocycles. The van der Waals surface area contributed by atoms with E-state index < -0.39 is 11.5 Å². The van der Waals surface area contributed by atoms with Crippen LogP contribution >= 0.6 is 0 Å². The first-order valence-electron chi connectivity index (χ1n) is 5.12. The van der Waals surface area contributed by atoms with Crippen molar-refractivity contribution in [1.82, 2.24) is 15.1 Å². The third-order valence-electron chi connectivity index (χ3n) is 2.59. The molecule has 0 spiro atoms. The number of rotatable bonds is 4. The van der Waals surface area contributed by atoms with Crippen molar-refractivity contribution in [2.24, 2.45) is 0 Å². The number of hydrogen-bond donors (Lipinski definition) is 1. The number of carboxylic acid groups (broad SMARTS) is 1. The quantitative estimate of drug-likeness (QED) is 0.837. The third-order valence-corrected chi connectivity index (χ3v) is 2.59. The minimum atomic E-state index is -0.950. The Kier molecular flexibility index (Phi) is 3.77. The molecule has 0 unspecified atom stereocenters. The zero-order chi connectivity index (χ0) is 13.1. The summed E-state index contributed by atoms with van der Waals surface area (Å²) in [5.41, 5.74) is -0.575. The summed E-state index contributed by atoms with van der Waals surface area (Å²) in [4.78, 5) is 24.1. The van der Waals surface area contributed by atoms with Crippen LogP contribution in [0.15, 0.2) is 18.3 Å². The normalized spacial score (nSPS) is 11.0. The predicted octanol–water partition coefficient (Wildman–Crippen LogP) is 0.802. The first-order valence-corrected chi connectivity index (χ1v) is 5.12. The van der Waals surface area contributed by atoms with Crippen molar-refractivity contribution in [3.05, 3.63) is 24.0 Å². The Bertz CT molecular complexity index is 417. The van der Waals surface area contributed by atoms with E-state index in [-0.39, 0.29) is 18.0 Å². The van der Waals surface area contributed by atoms with Gasteiger partial charge in [-0.1, -0.05) is 0 Å². The number of carbonyl (C=O) groups excluding carboxylic acids is 1. The summed E-state index contributed by atoms with van der Waals surface area (Å²) in [5, 5.41) is 16.1. The van der Waals surface area contributed by atoms with E-state index in [0.717, 1.165) is 0 Å². The number of carbonyl (C=O) groups is 2. The van der Waals surface area contributed by atoms with Gasteiger partial charge in [0.1, 0.15) is 0 Å². The van der Waals surface area contributed by atoms with E-state index >= 15 is 0 Å². The maximum absolute atomic E-state index is 12.0. The fourth-order valence-electron chi connectivity index (χ4n) is 1.35. The molecular formula is C11H15N3O3. The molecule has 0 aliphatic carbocycles. The zero-order valence-corrected chi connectivity index (χ0v) is 10.0. The molecule has 1 aromatic rings. The van der Waals surface area contributed by atoms with Crippen LogP contribution < -0.4 is 0 Å². The zero-order valence-electron chi connectivity index (χ0n) is 10.0. The van der Waals surface area contributed by atoms with Crippen molar-refractivity contribution in [2.45, 2.75) is 25.8 Å². The third kappa shape index (κ3) is 3.24. The first kappa shape index (κ1) is 13.1. The Balaban J connectivity index is 2.86. The van der Waals surface area contributed by atoms with E-state index in [9.17, 15) is 9.59 Å². The number of carboxylic acids is 1. The molecule has 0 aromatic carbocycles. The Morgan fingerprint density at radius 2 is 2.12 bits per heavy atom. The highest BCUT2D eigenvalue weighted by Gasteiger charge is 2.31. The van der Waals surface area contributed by atoms with Crippen molar-refractivity contribution >= 4 is 11.9 Å². The van der Waals surface area contributed by atoms with Crippen molar-refractivity contribution in [1.29, 1.82) is 0 Å². The lowest BCUT2D eigenvalue weighted by atomic mass is 9.98. The van der Waals surface area contributed by atoms with Gasteiger partial charge in [-0.15, -0.1) is 5.10 Å². The molecule has 0 radical (unpaired) electrons. The maximum Gasteiger partial charge on any atom is 0.305 e. The highest BCUT2D eigenvalue weighted by Crippen LogP contribution is 2.18. The van der Waals surface area contributed by atoms with Gasteiger partial charge < -0.3 is 10.0 Å². The number of nitrogens with zero attached hydrogens (tertiary/aromatic N) is 3. The summed E-state index contributed by atoms with van der Waals surface area (Å²) in [7, 11) is 1.56. The second-order valence-corrected chi connectivity index (χ2v) is 4.36. The molecule has 0 bridgehead atoms. The summed E-state index contributed by atoms with van der Waals surface area (Å²) in [5.74, 6) is -1.29. The van der Waals surface area contributed by atoms with Crippen LogP contribution in [0.3, 0.4) is 0 Å². The molecule has 0 saturated heterocycles. The van der Waals surface area contributed by atoms with Gasteiger partial charge in [0.15, 0.2) is 5.69 Å². The number of amides is 1. The molecular weight excluding hydrogens is 222 g/mol. The van der Waals surface area contributed by atoms with Gasteiger partial charge in [0, 0.05) is 18.8 Å². The van der Waals surface area contributed by atoms with E-state index in [1.807, 2.05) is 0 Å².